The Labute approximate surface area is 131 Å². The van der Waals surface area contributed by atoms with E-state index in [1.165, 1.54) is 0 Å². The SMILES string of the molecule is Cl.NCC(F)(F)CNC(=O)CCCOc1ccc(F)cc1F. The molecule has 0 saturated heterocycles. The lowest BCUT2D eigenvalue weighted by Crippen LogP contribution is -2.41. The van der Waals surface area contributed by atoms with Gasteiger partial charge in [-0.1, -0.05) is 0 Å². The van der Waals surface area contributed by atoms with Gasteiger partial charge in [-0.15, -0.1) is 12.4 Å². The smallest absolute Gasteiger partial charge is 0.277 e. The molecular formula is C13H17ClF4N2O2. The molecule has 4 nitrogen and oxygen atoms in total. The summed E-state index contributed by atoms with van der Waals surface area (Å²) in [7, 11) is 0. The first kappa shape index (κ1) is 20.5. The molecule has 0 aliphatic heterocycles. The number of halogens is 5. The molecule has 0 bridgehead atoms. The van der Waals surface area contributed by atoms with Crippen LogP contribution in [0, 0.1) is 11.6 Å². The number of ether oxygens (including phenoxy) is 1. The molecule has 1 aromatic carbocycles. The summed E-state index contributed by atoms with van der Waals surface area (Å²) in [4.78, 5) is 11.3. The van der Waals surface area contributed by atoms with Gasteiger partial charge in [0.25, 0.3) is 5.92 Å². The third-order valence-electron chi connectivity index (χ3n) is 2.54. The van der Waals surface area contributed by atoms with Crippen LogP contribution in [0.15, 0.2) is 18.2 Å². The van der Waals surface area contributed by atoms with Crippen LogP contribution in [0.5, 0.6) is 5.75 Å². The number of carbonyl (C=O) groups excluding carboxylic acids is 1. The molecule has 0 aromatic heterocycles. The number of rotatable bonds is 8. The highest BCUT2D eigenvalue weighted by atomic mass is 35.5. The number of hydrogen-bond acceptors (Lipinski definition) is 3. The molecule has 22 heavy (non-hydrogen) atoms. The molecule has 0 heterocycles. The fraction of sp³-hybridized carbons (Fsp3) is 0.462. The van der Waals surface area contributed by atoms with Gasteiger partial charge in [0, 0.05) is 12.5 Å². The van der Waals surface area contributed by atoms with E-state index in [1.54, 1.807) is 0 Å². The van der Waals surface area contributed by atoms with Gasteiger partial charge in [-0.3, -0.25) is 4.79 Å². The first-order chi connectivity index (χ1) is 9.84. The first-order valence-electron chi connectivity index (χ1n) is 6.26. The van der Waals surface area contributed by atoms with Crippen molar-refractivity contribution in [2.75, 3.05) is 19.7 Å². The number of hydrogen-bond donors (Lipinski definition) is 2. The number of amides is 1. The predicted octanol–water partition coefficient (Wildman–Crippen LogP) is 2.26. The van der Waals surface area contributed by atoms with E-state index in [0.29, 0.717) is 6.07 Å². The van der Waals surface area contributed by atoms with Crippen LogP contribution in [0.4, 0.5) is 17.6 Å². The summed E-state index contributed by atoms with van der Waals surface area (Å²) in [6.07, 6.45) is 0.153. The van der Waals surface area contributed by atoms with Crippen molar-refractivity contribution in [2.24, 2.45) is 5.73 Å². The minimum absolute atomic E-state index is 0. The fourth-order valence-electron chi connectivity index (χ4n) is 1.40. The third kappa shape index (κ3) is 7.46. The molecule has 0 aliphatic rings. The second kappa shape index (κ2) is 9.47. The van der Waals surface area contributed by atoms with Gasteiger partial charge in [0.1, 0.15) is 5.82 Å². The maximum Gasteiger partial charge on any atom is 0.277 e. The summed E-state index contributed by atoms with van der Waals surface area (Å²) in [5, 5.41) is 2.04. The van der Waals surface area contributed by atoms with Crippen molar-refractivity contribution in [2.45, 2.75) is 18.8 Å². The van der Waals surface area contributed by atoms with Crippen molar-refractivity contribution in [3.05, 3.63) is 29.8 Å². The molecule has 0 spiro atoms. The Kier molecular flexibility index (Phi) is 8.81. The van der Waals surface area contributed by atoms with E-state index < -0.39 is 36.6 Å². The van der Waals surface area contributed by atoms with Crippen LogP contribution in [0.25, 0.3) is 0 Å². The average molecular weight is 345 g/mol. The van der Waals surface area contributed by atoms with Crippen LogP contribution in [0.2, 0.25) is 0 Å². The molecule has 0 fully saturated rings. The van der Waals surface area contributed by atoms with Crippen molar-refractivity contribution >= 4 is 18.3 Å². The van der Waals surface area contributed by atoms with E-state index in [0.717, 1.165) is 12.1 Å². The Morgan fingerprint density at radius 3 is 2.59 bits per heavy atom. The van der Waals surface area contributed by atoms with E-state index in [9.17, 15) is 22.4 Å². The topological polar surface area (TPSA) is 64.3 Å². The largest absolute Gasteiger partial charge is 0.491 e. The number of alkyl halides is 2. The molecule has 0 radical (unpaired) electrons. The van der Waals surface area contributed by atoms with Crippen molar-refractivity contribution in [1.29, 1.82) is 0 Å². The minimum Gasteiger partial charge on any atom is -0.491 e. The van der Waals surface area contributed by atoms with Crippen LogP contribution in [-0.4, -0.2) is 31.5 Å². The summed E-state index contributed by atoms with van der Waals surface area (Å²) in [6, 6.07) is 2.85. The fourth-order valence-corrected chi connectivity index (χ4v) is 1.40. The zero-order valence-corrected chi connectivity index (χ0v) is 12.4. The lowest BCUT2D eigenvalue weighted by Gasteiger charge is -2.14. The van der Waals surface area contributed by atoms with Gasteiger partial charge < -0.3 is 15.8 Å². The Morgan fingerprint density at radius 2 is 2.00 bits per heavy atom. The normalized spacial score (nSPS) is 10.8. The van der Waals surface area contributed by atoms with Crippen LogP contribution in [0.1, 0.15) is 12.8 Å². The summed E-state index contributed by atoms with van der Waals surface area (Å²) in [5.41, 5.74) is 4.82. The summed E-state index contributed by atoms with van der Waals surface area (Å²) in [6.45, 7) is -1.67. The highest BCUT2D eigenvalue weighted by molar-refractivity contribution is 5.85. The van der Waals surface area contributed by atoms with E-state index >= 15 is 0 Å². The lowest BCUT2D eigenvalue weighted by atomic mass is 10.3. The molecule has 1 rings (SSSR count). The van der Waals surface area contributed by atoms with Crippen molar-refractivity contribution in [1.82, 2.24) is 5.32 Å². The van der Waals surface area contributed by atoms with Gasteiger partial charge in [-0.05, 0) is 18.6 Å². The zero-order chi connectivity index (χ0) is 15.9. The number of nitrogens with one attached hydrogen (secondary N) is 1. The Balaban J connectivity index is 0.00000441. The van der Waals surface area contributed by atoms with Crippen molar-refractivity contribution in [3.63, 3.8) is 0 Å². The number of carbonyl (C=O) groups is 1. The maximum atomic E-state index is 13.2. The Morgan fingerprint density at radius 1 is 1.32 bits per heavy atom. The molecular weight excluding hydrogens is 328 g/mol. The molecule has 1 aromatic rings. The van der Waals surface area contributed by atoms with E-state index in [-0.39, 0.29) is 37.6 Å². The molecule has 3 N–H and O–H groups in total. The van der Waals surface area contributed by atoms with Gasteiger partial charge in [0.15, 0.2) is 11.6 Å². The lowest BCUT2D eigenvalue weighted by molar-refractivity contribution is -0.123. The van der Waals surface area contributed by atoms with E-state index in [1.807, 2.05) is 5.32 Å². The van der Waals surface area contributed by atoms with Crippen molar-refractivity contribution < 1.29 is 27.1 Å². The van der Waals surface area contributed by atoms with Gasteiger partial charge in [-0.25, -0.2) is 17.6 Å². The van der Waals surface area contributed by atoms with Crippen LogP contribution < -0.4 is 15.8 Å². The summed E-state index contributed by atoms with van der Waals surface area (Å²) >= 11 is 0. The Hall–Kier alpha value is -1.54. The second-order valence-electron chi connectivity index (χ2n) is 4.36. The second-order valence-corrected chi connectivity index (χ2v) is 4.36. The third-order valence-corrected chi connectivity index (χ3v) is 2.54. The van der Waals surface area contributed by atoms with Gasteiger partial charge >= 0.3 is 0 Å². The number of benzene rings is 1. The average Bonchev–Trinajstić information content (AvgIpc) is 2.43. The maximum absolute atomic E-state index is 13.2. The monoisotopic (exact) mass is 344 g/mol. The standard InChI is InChI=1S/C13H16F4N2O2.ClH/c14-9-3-4-11(10(15)6-9)21-5-1-2-12(20)19-8-13(16,17)7-18;/h3-4,6H,1-2,5,7-8,18H2,(H,19,20);1H. The van der Waals surface area contributed by atoms with Crippen molar-refractivity contribution in [3.8, 4) is 5.75 Å². The highest BCUT2D eigenvalue weighted by Gasteiger charge is 2.26. The quantitative estimate of drug-likeness (QED) is 0.561. The van der Waals surface area contributed by atoms with Gasteiger partial charge in [0.05, 0.1) is 19.7 Å². The molecule has 126 valence electrons. The summed E-state index contributed by atoms with van der Waals surface area (Å²) < 4.78 is 56.4. The van der Waals surface area contributed by atoms with E-state index in [4.69, 9.17) is 10.5 Å². The molecule has 0 unspecified atom stereocenters. The molecule has 1 amide bonds. The molecule has 9 heteroatoms. The zero-order valence-electron chi connectivity index (χ0n) is 11.6. The molecule has 0 saturated carbocycles. The first-order valence-corrected chi connectivity index (χ1v) is 6.26. The number of nitrogens with two attached hydrogens (primary N) is 1. The van der Waals surface area contributed by atoms with Gasteiger partial charge in [-0.2, -0.15) is 0 Å². The minimum atomic E-state index is -3.14. The Bertz CT molecular complexity index is 489. The van der Waals surface area contributed by atoms with E-state index in [2.05, 4.69) is 0 Å². The van der Waals surface area contributed by atoms with Crippen LogP contribution in [0.3, 0.4) is 0 Å². The molecule has 0 atom stereocenters. The van der Waals surface area contributed by atoms with Crippen LogP contribution >= 0.6 is 12.4 Å². The van der Waals surface area contributed by atoms with Crippen LogP contribution in [-0.2, 0) is 4.79 Å². The molecule has 0 aliphatic carbocycles. The van der Waals surface area contributed by atoms with Gasteiger partial charge in [0.2, 0.25) is 5.91 Å². The summed E-state index contributed by atoms with van der Waals surface area (Å²) in [5.74, 6) is -5.41. The predicted molar refractivity (Wildman–Crippen MR) is 75.3 cm³/mol. The highest BCUT2D eigenvalue weighted by Crippen LogP contribution is 2.17.